The minimum atomic E-state index is -2.41. The minimum absolute atomic E-state index is 0.247. The normalized spacial score (nSPS) is 10.7. The lowest BCUT2D eigenvalue weighted by atomic mass is 10.3. The summed E-state index contributed by atoms with van der Waals surface area (Å²) in [5.41, 5.74) is 0.850. The Hall–Kier alpha value is -0.870. The second kappa shape index (κ2) is 6.58. The van der Waals surface area contributed by atoms with Crippen LogP contribution in [0.15, 0.2) is 24.3 Å². The van der Waals surface area contributed by atoms with Gasteiger partial charge in [-0.2, -0.15) is 0 Å². The first kappa shape index (κ1) is 12.2. The summed E-state index contributed by atoms with van der Waals surface area (Å²) < 4.78 is 28.1. The van der Waals surface area contributed by atoms with Gasteiger partial charge in [-0.25, -0.2) is 8.78 Å². The number of hydrogen-bond acceptors (Lipinski definition) is 2. The molecule has 5 heteroatoms. The van der Waals surface area contributed by atoms with Crippen LogP contribution in [0, 0.1) is 0 Å². The summed E-state index contributed by atoms with van der Waals surface area (Å²) in [4.78, 5) is 0. The predicted molar refractivity (Wildman–Crippen MR) is 56.8 cm³/mol. The van der Waals surface area contributed by atoms with Crippen LogP contribution in [-0.2, 0) is 4.74 Å². The van der Waals surface area contributed by atoms with Crippen LogP contribution >= 0.6 is 11.6 Å². The molecule has 2 nitrogen and oxygen atoms in total. The molecule has 0 bridgehead atoms. The van der Waals surface area contributed by atoms with Crippen molar-refractivity contribution in [2.45, 2.75) is 6.43 Å². The zero-order chi connectivity index (χ0) is 11.1. The Bertz CT molecular complexity index is 297. The molecule has 0 saturated carbocycles. The molecule has 0 aliphatic heterocycles. The lowest BCUT2D eigenvalue weighted by Gasteiger charge is -2.07. The van der Waals surface area contributed by atoms with Gasteiger partial charge >= 0.3 is 0 Å². The van der Waals surface area contributed by atoms with Gasteiger partial charge in [0, 0.05) is 17.3 Å². The average Bonchev–Trinajstić information content (AvgIpc) is 2.17. The van der Waals surface area contributed by atoms with E-state index in [4.69, 9.17) is 16.3 Å². The van der Waals surface area contributed by atoms with Crippen molar-refractivity contribution in [3.63, 3.8) is 0 Å². The maximum absolute atomic E-state index is 11.7. The molecule has 15 heavy (non-hydrogen) atoms. The van der Waals surface area contributed by atoms with Crippen LogP contribution < -0.4 is 5.32 Å². The first-order valence-electron chi connectivity index (χ1n) is 4.54. The van der Waals surface area contributed by atoms with Crippen molar-refractivity contribution in [1.82, 2.24) is 0 Å². The van der Waals surface area contributed by atoms with Crippen molar-refractivity contribution in [3.05, 3.63) is 29.3 Å². The summed E-state index contributed by atoms with van der Waals surface area (Å²) in [7, 11) is 0. The van der Waals surface area contributed by atoms with Crippen LogP contribution in [0.1, 0.15) is 0 Å². The molecular weight excluding hydrogens is 224 g/mol. The zero-order valence-electron chi connectivity index (χ0n) is 8.05. The van der Waals surface area contributed by atoms with E-state index >= 15 is 0 Å². The molecule has 84 valence electrons. The van der Waals surface area contributed by atoms with Gasteiger partial charge in [0.1, 0.15) is 6.61 Å². The number of rotatable bonds is 6. The van der Waals surface area contributed by atoms with Crippen molar-refractivity contribution in [3.8, 4) is 0 Å². The average molecular weight is 236 g/mol. The molecule has 0 amide bonds. The summed E-state index contributed by atoms with van der Waals surface area (Å²) in [6.45, 7) is 0.209. The van der Waals surface area contributed by atoms with Gasteiger partial charge in [-0.05, 0) is 18.2 Å². The Labute approximate surface area is 92.2 Å². The summed E-state index contributed by atoms with van der Waals surface area (Å²) in [6, 6.07) is 7.18. The maximum atomic E-state index is 11.7. The van der Waals surface area contributed by atoms with Crippen molar-refractivity contribution in [2.75, 3.05) is 25.1 Å². The molecule has 1 N–H and O–H groups in total. The maximum Gasteiger partial charge on any atom is 0.261 e. The van der Waals surface area contributed by atoms with Crippen LogP contribution in [0.2, 0.25) is 5.02 Å². The monoisotopic (exact) mass is 235 g/mol. The number of halogens is 3. The molecule has 0 saturated heterocycles. The van der Waals surface area contributed by atoms with E-state index < -0.39 is 13.0 Å². The van der Waals surface area contributed by atoms with Crippen molar-refractivity contribution >= 4 is 17.3 Å². The highest BCUT2D eigenvalue weighted by Crippen LogP contribution is 2.14. The van der Waals surface area contributed by atoms with Gasteiger partial charge in [-0.15, -0.1) is 0 Å². The fourth-order valence-electron chi connectivity index (χ4n) is 1.04. The molecule has 0 aliphatic rings. The third-order valence-corrected chi connectivity index (χ3v) is 1.88. The first-order valence-corrected chi connectivity index (χ1v) is 4.91. The lowest BCUT2D eigenvalue weighted by molar-refractivity contribution is 0.0215. The lowest BCUT2D eigenvalue weighted by Crippen LogP contribution is -2.12. The largest absolute Gasteiger partial charge is 0.383 e. The van der Waals surface area contributed by atoms with Crippen LogP contribution in [0.4, 0.5) is 14.5 Å². The third kappa shape index (κ3) is 5.54. The minimum Gasteiger partial charge on any atom is -0.383 e. The van der Waals surface area contributed by atoms with Gasteiger partial charge in [-0.3, -0.25) is 0 Å². The molecule has 0 atom stereocenters. The van der Waals surface area contributed by atoms with Gasteiger partial charge in [0.15, 0.2) is 0 Å². The molecule has 0 radical (unpaired) electrons. The second-order valence-corrected chi connectivity index (χ2v) is 3.34. The molecule has 1 aromatic carbocycles. The highest BCUT2D eigenvalue weighted by atomic mass is 35.5. The molecule has 0 aliphatic carbocycles. The van der Waals surface area contributed by atoms with E-state index in [1.807, 2.05) is 12.1 Å². The van der Waals surface area contributed by atoms with Gasteiger partial charge < -0.3 is 10.1 Å². The zero-order valence-corrected chi connectivity index (χ0v) is 8.81. The predicted octanol–water partition coefficient (Wildman–Crippen LogP) is 3.03. The quantitative estimate of drug-likeness (QED) is 0.766. The van der Waals surface area contributed by atoms with E-state index in [0.29, 0.717) is 11.6 Å². The van der Waals surface area contributed by atoms with E-state index in [-0.39, 0.29) is 6.61 Å². The Morgan fingerprint density at radius 2 is 2.20 bits per heavy atom. The number of nitrogens with one attached hydrogen (secondary N) is 1. The fraction of sp³-hybridized carbons (Fsp3) is 0.400. The van der Waals surface area contributed by atoms with Crippen molar-refractivity contribution < 1.29 is 13.5 Å². The van der Waals surface area contributed by atoms with E-state index in [9.17, 15) is 8.78 Å². The van der Waals surface area contributed by atoms with Gasteiger partial charge in [0.2, 0.25) is 0 Å². The standard InChI is InChI=1S/C10H12ClF2NO/c11-8-2-1-3-9(6-8)14-4-5-15-7-10(12)13/h1-3,6,10,14H,4-5,7H2. The van der Waals surface area contributed by atoms with E-state index in [0.717, 1.165) is 5.69 Å². The molecule has 0 aromatic heterocycles. The Morgan fingerprint density at radius 3 is 2.87 bits per heavy atom. The molecule has 0 unspecified atom stereocenters. The summed E-state index contributed by atoms with van der Waals surface area (Å²) in [6.07, 6.45) is -2.41. The topological polar surface area (TPSA) is 21.3 Å². The molecular formula is C10H12ClF2NO. The molecule has 1 rings (SSSR count). The second-order valence-electron chi connectivity index (χ2n) is 2.90. The number of hydrogen-bond donors (Lipinski definition) is 1. The van der Waals surface area contributed by atoms with E-state index in [1.165, 1.54) is 0 Å². The van der Waals surface area contributed by atoms with E-state index in [2.05, 4.69) is 5.32 Å². The molecule has 0 fully saturated rings. The molecule has 1 aromatic rings. The summed E-state index contributed by atoms with van der Waals surface area (Å²) in [5.74, 6) is 0. The van der Waals surface area contributed by atoms with Gasteiger partial charge in [0.05, 0.1) is 6.61 Å². The molecule has 0 spiro atoms. The first-order chi connectivity index (χ1) is 7.18. The Morgan fingerprint density at radius 1 is 1.40 bits per heavy atom. The number of alkyl halides is 2. The smallest absolute Gasteiger partial charge is 0.261 e. The van der Waals surface area contributed by atoms with E-state index in [1.54, 1.807) is 12.1 Å². The fourth-order valence-corrected chi connectivity index (χ4v) is 1.23. The van der Waals surface area contributed by atoms with Crippen LogP contribution in [0.25, 0.3) is 0 Å². The summed E-state index contributed by atoms with van der Waals surface area (Å²) >= 11 is 5.76. The van der Waals surface area contributed by atoms with Crippen LogP contribution in [0.5, 0.6) is 0 Å². The Kier molecular flexibility index (Phi) is 5.36. The third-order valence-electron chi connectivity index (χ3n) is 1.64. The highest BCUT2D eigenvalue weighted by molar-refractivity contribution is 6.30. The number of benzene rings is 1. The van der Waals surface area contributed by atoms with Gasteiger partial charge in [-0.1, -0.05) is 17.7 Å². The summed E-state index contributed by atoms with van der Waals surface area (Å²) in [5, 5.41) is 3.64. The molecule has 0 heterocycles. The highest BCUT2D eigenvalue weighted by Gasteiger charge is 2.00. The SMILES string of the molecule is FC(F)COCCNc1cccc(Cl)c1. The van der Waals surface area contributed by atoms with Crippen LogP contribution in [-0.4, -0.2) is 26.2 Å². The Balaban J connectivity index is 2.15. The van der Waals surface area contributed by atoms with Gasteiger partial charge in [0.25, 0.3) is 6.43 Å². The van der Waals surface area contributed by atoms with Crippen molar-refractivity contribution in [1.29, 1.82) is 0 Å². The number of ether oxygens (including phenoxy) is 1. The number of anilines is 1. The van der Waals surface area contributed by atoms with Crippen LogP contribution in [0.3, 0.4) is 0 Å². The van der Waals surface area contributed by atoms with Crippen molar-refractivity contribution in [2.24, 2.45) is 0 Å².